The van der Waals surface area contributed by atoms with Gasteiger partial charge in [-0.3, -0.25) is 0 Å². The monoisotopic (exact) mass is 294 g/mol. The molecular formula is C8H8GdS. The third-order valence-corrected chi connectivity index (χ3v) is 1.50. The van der Waals surface area contributed by atoms with Crippen LogP contribution in [0.4, 0.5) is 0 Å². The Morgan fingerprint density at radius 1 is 0.600 bits per heavy atom. The van der Waals surface area contributed by atoms with E-state index in [2.05, 4.69) is 0 Å². The maximum absolute atomic E-state index is 2.04. The van der Waals surface area contributed by atoms with Gasteiger partial charge in [0.1, 0.15) is 0 Å². The largest absolute Gasteiger partial charge is 0.152 e. The average molecular weight is 293 g/mol. The average Bonchev–Trinajstić information content (AvgIpc) is 2.00. The summed E-state index contributed by atoms with van der Waals surface area (Å²) in [6.07, 6.45) is 0. The molecule has 1 aromatic rings. The summed E-state index contributed by atoms with van der Waals surface area (Å²) >= 11 is 1.68. The second kappa shape index (κ2) is 7.61. The predicted molar refractivity (Wildman–Crippen MR) is 41.9 cm³/mol. The molecule has 0 saturated carbocycles. The molecular weight excluding hydrogens is 285 g/mol. The first-order valence-corrected chi connectivity index (χ1v) is 3.75. The summed E-state index contributed by atoms with van der Waals surface area (Å²) in [6.45, 7) is 0. The fraction of sp³-hybridized carbons (Fsp3) is 0. The van der Waals surface area contributed by atoms with Crippen molar-refractivity contribution >= 4 is 11.3 Å². The van der Waals surface area contributed by atoms with Gasteiger partial charge in [-0.25, -0.2) is 0 Å². The van der Waals surface area contributed by atoms with Gasteiger partial charge >= 0.3 is 0 Å². The first-order chi connectivity index (χ1) is 4.50. The van der Waals surface area contributed by atoms with E-state index in [9.17, 15) is 0 Å². The molecule has 10 heavy (non-hydrogen) atoms. The SMILES string of the molecule is [Gd].c1ccccsccc1. The van der Waals surface area contributed by atoms with E-state index in [1.54, 1.807) is 11.3 Å². The van der Waals surface area contributed by atoms with Crippen molar-refractivity contribution in [2.45, 2.75) is 0 Å². The normalized spacial score (nSPS) is 7.20. The molecule has 0 fully saturated rings. The molecule has 54 valence electrons. The summed E-state index contributed by atoms with van der Waals surface area (Å²) < 4.78 is 0. The van der Waals surface area contributed by atoms with E-state index in [-0.39, 0.29) is 39.9 Å². The van der Waals surface area contributed by atoms with Crippen LogP contribution in [0.15, 0.2) is 47.2 Å². The van der Waals surface area contributed by atoms with Crippen molar-refractivity contribution in [3.05, 3.63) is 47.2 Å². The molecule has 0 N–H and O–H groups in total. The van der Waals surface area contributed by atoms with E-state index in [0.717, 1.165) is 0 Å². The van der Waals surface area contributed by atoms with Crippen LogP contribution >= 0.6 is 11.3 Å². The first-order valence-electron chi connectivity index (χ1n) is 2.80. The van der Waals surface area contributed by atoms with Gasteiger partial charge in [0.05, 0.1) is 0 Å². The zero-order valence-electron chi connectivity index (χ0n) is 5.38. The minimum absolute atomic E-state index is 0. The summed E-state index contributed by atoms with van der Waals surface area (Å²) in [5, 5.41) is 4.08. The van der Waals surface area contributed by atoms with Crippen molar-refractivity contribution in [2.24, 2.45) is 0 Å². The van der Waals surface area contributed by atoms with Gasteiger partial charge in [0.2, 0.25) is 0 Å². The van der Waals surface area contributed by atoms with Gasteiger partial charge in [0.15, 0.2) is 0 Å². The van der Waals surface area contributed by atoms with Crippen molar-refractivity contribution in [1.82, 2.24) is 0 Å². The molecule has 1 rings (SSSR count). The Morgan fingerprint density at radius 2 is 1.00 bits per heavy atom. The Bertz CT molecular complexity index is 131. The first kappa shape index (κ1) is 10.5. The molecule has 0 aliphatic heterocycles. The Hall–Kier alpha value is 0.505. The molecule has 0 bridgehead atoms. The van der Waals surface area contributed by atoms with Crippen LogP contribution in [0, 0.1) is 39.9 Å². The summed E-state index contributed by atoms with van der Waals surface area (Å²) in [4.78, 5) is 0. The van der Waals surface area contributed by atoms with E-state index in [1.165, 1.54) is 0 Å². The van der Waals surface area contributed by atoms with Crippen molar-refractivity contribution in [1.29, 1.82) is 0 Å². The van der Waals surface area contributed by atoms with E-state index in [0.29, 0.717) is 0 Å². The van der Waals surface area contributed by atoms with Crippen molar-refractivity contribution in [3.8, 4) is 0 Å². The van der Waals surface area contributed by atoms with Crippen LogP contribution in [0.25, 0.3) is 0 Å². The fourth-order valence-corrected chi connectivity index (χ4v) is 0.937. The van der Waals surface area contributed by atoms with Crippen LogP contribution in [0.5, 0.6) is 0 Å². The Balaban J connectivity index is 0.000000810. The molecule has 0 nitrogen and oxygen atoms in total. The van der Waals surface area contributed by atoms with Crippen LogP contribution < -0.4 is 0 Å². The van der Waals surface area contributed by atoms with Crippen LogP contribution in [0.1, 0.15) is 0 Å². The second-order valence-electron chi connectivity index (χ2n) is 1.56. The summed E-state index contributed by atoms with van der Waals surface area (Å²) in [6, 6.07) is 12.1. The molecule has 0 aliphatic rings. The Labute approximate surface area is 97.3 Å². The van der Waals surface area contributed by atoms with Crippen LogP contribution in [0.3, 0.4) is 0 Å². The minimum atomic E-state index is 0. The van der Waals surface area contributed by atoms with Gasteiger partial charge in [0.25, 0.3) is 0 Å². The second-order valence-corrected chi connectivity index (χ2v) is 2.38. The molecule has 0 unspecified atom stereocenters. The van der Waals surface area contributed by atoms with Crippen molar-refractivity contribution in [3.63, 3.8) is 0 Å². The van der Waals surface area contributed by atoms with Crippen molar-refractivity contribution in [2.75, 3.05) is 0 Å². The van der Waals surface area contributed by atoms with Crippen LogP contribution in [0.2, 0.25) is 0 Å². The standard InChI is InChI=1S/C8H8S.Gd/c1-2-4-6-8-9-7-5-3-1;/h1-8H;. The molecule has 0 atom stereocenters. The molecule has 0 aromatic carbocycles. The quantitative estimate of drug-likeness (QED) is 0.690. The van der Waals surface area contributed by atoms with E-state index in [1.807, 2.05) is 47.2 Å². The molecule has 0 amide bonds. The molecule has 0 spiro atoms. The summed E-state index contributed by atoms with van der Waals surface area (Å²) in [5.41, 5.74) is 0. The zero-order valence-corrected chi connectivity index (χ0v) is 8.47. The topological polar surface area (TPSA) is 0 Å². The summed E-state index contributed by atoms with van der Waals surface area (Å²) in [5.74, 6) is 0. The maximum atomic E-state index is 2.04. The Kier molecular flexibility index (Phi) is 7.99. The molecule has 0 saturated heterocycles. The predicted octanol–water partition coefficient (Wildman–Crippen LogP) is 2.87. The van der Waals surface area contributed by atoms with Gasteiger partial charge in [-0.15, -0.1) is 0 Å². The van der Waals surface area contributed by atoms with Crippen molar-refractivity contribution < 1.29 is 39.9 Å². The van der Waals surface area contributed by atoms with Gasteiger partial charge < -0.3 is 0 Å². The van der Waals surface area contributed by atoms with Gasteiger partial charge in [-0.05, 0) is 10.8 Å². The van der Waals surface area contributed by atoms with Crippen LogP contribution in [-0.2, 0) is 0 Å². The van der Waals surface area contributed by atoms with Crippen LogP contribution in [-0.4, -0.2) is 0 Å². The molecule has 2 heteroatoms. The smallest absolute Gasteiger partial charge is 0 e. The molecule has 1 aromatic heterocycles. The molecule has 0 aliphatic carbocycles. The third kappa shape index (κ3) is 5.30. The number of rotatable bonds is 0. The van der Waals surface area contributed by atoms with E-state index >= 15 is 0 Å². The minimum Gasteiger partial charge on any atom is -0.152 e. The molecule has 0 radical (unpaired) electrons. The number of hydrogen-bond acceptors (Lipinski definition) is 1. The maximum Gasteiger partial charge on any atom is 0 e. The zero-order chi connectivity index (χ0) is 6.36. The summed E-state index contributed by atoms with van der Waals surface area (Å²) in [7, 11) is 0. The Morgan fingerprint density at radius 3 is 1.50 bits per heavy atom. The third-order valence-electron chi connectivity index (χ3n) is 0.870. The molecule has 1 heterocycles. The van der Waals surface area contributed by atoms with E-state index < -0.39 is 0 Å². The fourth-order valence-electron chi connectivity index (χ4n) is 0.483. The van der Waals surface area contributed by atoms with Gasteiger partial charge in [0, 0.05) is 39.9 Å². The van der Waals surface area contributed by atoms with E-state index in [4.69, 9.17) is 0 Å². The van der Waals surface area contributed by atoms with Gasteiger partial charge in [-0.1, -0.05) is 36.4 Å². The van der Waals surface area contributed by atoms with Gasteiger partial charge in [-0.2, -0.15) is 11.3 Å². The number of hydrogen-bond donors (Lipinski definition) is 0.